The van der Waals surface area contributed by atoms with Gasteiger partial charge in [0.1, 0.15) is 6.26 Å². The average molecular weight is 244 g/mol. The molecule has 0 radical (unpaired) electrons. The van der Waals surface area contributed by atoms with Crippen LogP contribution in [0, 0.1) is 5.92 Å². The highest BCUT2D eigenvalue weighted by Crippen LogP contribution is 2.10. The summed E-state index contributed by atoms with van der Waals surface area (Å²) in [5.41, 5.74) is -0.465. The van der Waals surface area contributed by atoms with Crippen molar-refractivity contribution in [1.29, 1.82) is 0 Å². The van der Waals surface area contributed by atoms with E-state index in [4.69, 9.17) is 4.74 Å². The van der Waals surface area contributed by atoms with E-state index in [1.54, 1.807) is 6.92 Å². The zero-order chi connectivity index (χ0) is 10.6. The predicted molar refractivity (Wildman–Crippen MR) is 70.3 cm³/mol. The molecule has 1 heterocycles. The average Bonchev–Trinajstić information content (AvgIpc) is 2.20. The second-order valence-electron chi connectivity index (χ2n) is 3.02. The van der Waals surface area contributed by atoms with Crippen LogP contribution in [0.4, 0.5) is 0 Å². The first-order valence-electron chi connectivity index (χ1n) is 4.44. The van der Waals surface area contributed by atoms with E-state index >= 15 is 0 Å². The number of esters is 1. The summed E-state index contributed by atoms with van der Waals surface area (Å²) < 4.78 is 9.49. The van der Waals surface area contributed by atoms with Gasteiger partial charge in [-0.15, -0.1) is 0 Å². The topological polar surface area (TPSA) is 56.5 Å². The Balaban J connectivity index is -0.000000653. The normalized spacial score (nSPS) is 10.0. The highest BCUT2D eigenvalue weighted by Gasteiger charge is 2.12. The van der Waals surface area contributed by atoms with E-state index < -0.39 is 5.63 Å². The van der Waals surface area contributed by atoms with Crippen LogP contribution in [-0.2, 0) is 4.79 Å². The van der Waals surface area contributed by atoms with Crippen LogP contribution in [0.2, 0.25) is 0 Å². The maximum Gasteiger partial charge on any atom is 0.335 e. The molecule has 0 saturated heterocycles. The summed E-state index contributed by atoms with van der Waals surface area (Å²) in [7, 11) is 0. The predicted octanol–water partition coefficient (Wildman–Crippen LogP) is 3.50. The molecule has 0 aromatic carbocycles. The molecule has 0 aliphatic heterocycles. The minimum Gasteiger partial charge on any atom is -0.427 e. The second-order valence-corrected chi connectivity index (χ2v) is 3.02. The standard InChI is InChI=1S/C10H12O4.3CH4/c1-3-7(2)10(12)14-8-4-5-9(11)13-6-8;;;/h4-7H,3H2,1-2H3;3*1H4. The van der Waals surface area contributed by atoms with Gasteiger partial charge in [-0.1, -0.05) is 36.1 Å². The van der Waals surface area contributed by atoms with Crippen LogP contribution in [0.1, 0.15) is 42.5 Å². The molecule has 0 aliphatic rings. The first-order chi connectivity index (χ1) is 6.63. The third kappa shape index (κ3) is 6.56. The van der Waals surface area contributed by atoms with E-state index in [1.807, 2.05) is 6.92 Å². The lowest BCUT2D eigenvalue weighted by Gasteiger charge is -2.07. The minimum atomic E-state index is -0.465. The van der Waals surface area contributed by atoms with Crippen molar-refractivity contribution < 1.29 is 13.9 Å². The van der Waals surface area contributed by atoms with Gasteiger partial charge in [-0.25, -0.2) is 4.79 Å². The lowest BCUT2D eigenvalue weighted by Crippen LogP contribution is -2.17. The molecule has 17 heavy (non-hydrogen) atoms. The van der Waals surface area contributed by atoms with Crippen LogP contribution in [0.5, 0.6) is 5.75 Å². The Morgan fingerprint density at radius 3 is 2.35 bits per heavy atom. The highest BCUT2D eigenvalue weighted by atomic mass is 16.5. The number of carbonyl (C=O) groups excluding carboxylic acids is 1. The van der Waals surface area contributed by atoms with E-state index in [1.165, 1.54) is 12.1 Å². The molecule has 1 aromatic rings. The molecule has 1 atom stereocenters. The van der Waals surface area contributed by atoms with Crippen molar-refractivity contribution in [2.24, 2.45) is 5.92 Å². The van der Waals surface area contributed by atoms with Crippen molar-refractivity contribution in [2.75, 3.05) is 0 Å². The lowest BCUT2D eigenvalue weighted by atomic mass is 10.1. The van der Waals surface area contributed by atoms with E-state index in [2.05, 4.69) is 4.42 Å². The van der Waals surface area contributed by atoms with E-state index in [9.17, 15) is 9.59 Å². The van der Waals surface area contributed by atoms with Gasteiger partial charge < -0.3 is 9.15 Å². The number of carbonyl (C=O) groups is 1. The maximum absolute atomic E-state index is 11.3. The Morgan fingerprint density at radius 1 is 1.35 bits per heavy atom. The molecule has 0 N–H and O–H groups in total. The van der Waals surface area contributed by atoms with Gasteiger partial charge in [0, 0.05) is 6.07 Å². The SMILES string of the molecule is C.C.C.CCC(C)C(=O)Oc1ccc(=O)oc1. The smallest absolute Gasteiger partial charge is 0.335 e. The molecule has 4 nitrogen and oxygen atoms in total. The minimum absolute atomic E-state index is 0. The first kappa shape index (κ1) is 20.8. The van der Waals surface area contributed by atoms with Gasteiger partial charge in [-0.05, 0) is 12.5 Å². The Kier molecular flexibility index (Phi) is 11.8. The quantitative estimate of drug-likeness (QED) is 0.763. The van der Waals surface area contributed by atoms with E-state index in [0.29, 0.717) is 0 Å². The van der Waals surface area contributed by atoms with Gasteiger partial charge in [0.25, 0.3) is 0 Å². The molecule has 0 bridgehead atoms. The summed E-state index contributed by atoms with van der Waals surface area (Å²) >= 11 is 0. The molecule has 1 aromatic heterocycles. The van der Waals surface area contributed by atoms with Crippen LogP contribution in [0.25, 0.3) is 0 Å². The lowest BCUT2D eigenvalue weighted by molar-refractivity contribution is -0.138. The van der Waals surface area contributed by atoms with Crippen LogP contribution in [-0.4, -0.2) is 5.97 Å². The second kappa shape index (κ2) is 9.63. The van der Waals surface area contributed by atoms with Gasteiger partial charge >= 0.3 is 11.6 Å². The summed E-state index contributed by atoms with van der Waals surface area (Å²) in [5.74, 6) is -0.210. The van der Waals surface area contributed by atoms with Crippen molar-refractivity contribution in [3.05, 3.63) is 28.8 Å². The molecule has 4 heteroatoms. The van der Waals surface area contributed by atoms with Crippen molar-refractivity contribution in [2.45, 2.75) is 42.5 Å². The van der Waals surface area contributed by atoms with Crippen molar-refractivity contribution in [1.82, 2.24) is 0 Å². The molecule has 1 unspecified atom stereocenters. The Morgan fingerprint density at radius 2 is 1.94 bits per heavy atom. The van der Waals surface area contributed by atoms with E-state index in [0.717, 1.165) is 12.7 Å². The number of hydrogen-bond acceptors (Lipinski definition) is 4. The maximum atomic E-state index is 11.3. The molecule has 0 amide bonds. The van der Waals surface area contributed by atoms with E-state index in [-0.39, 0.29) is 39.9 Å². The Labute approximate surface area is 104 Å². The third-order valence-electron chi connectivity index (χ3n) is 1.91. The summed E-state index contributed by atoms with van der Waals surface area (Å²) in [6.45, 7) is 3.68. The van der Waals surface area contributed by atoms with Gasteiger partial charge in [0.2, 0.25) is 0 Å². The zero-order valence-electron chi connectivity index (χ0n) is 8.15. The Hall–Kier alpha value is -1.58. The first-order valence-corrected chi connectivity index (χ1v) is 4.44. The number of hydrogen-bond donors (Lipinski definition) is 0. The van der Waals surface area contributed by atoms with Crippen LogP contribution in [0.3, 0.4) is 0 Å². The Bertz CT molecular complexity index is 347. The summed E-state index contributed by atoms with van der Waals surface area (Å²) in [6, 6.07) is 2.62. The largest absolute Gasteiger partial charge is 0.427 e. The van der Waals surface area contributed by atoms with Crippen LogP contribution in [0.15, 0.2) is 27.6 Å². The van der Waals surface area contributed by atoms with Crippen LogP contribution < -0.4 is 10.4 Å². The molecule has 100 valence electrons. The van der Waals surface area contributed by atoms with Gasteiger partial charge in [-0.2, -0.15) is 0 Å². The van der Waals surface area contributed by atoms with Gasteiger partial charge in [-0.3, -0.25) is 4.79 Å². The van der Waals surface area contributed by atoms with Crippen molar-refractivity contribution in [3.8, 4) is 5.75 Å². The molecular weight excluding hydrogens is 220 g/mol. The van der Waals surface area contributed by atoms with Gasteiger partial charge in [0.15, 0.2) is 5.75 Å². The zero-order valence-corrected chi connectivity index (χ0v) is 8.15. The third-order valence-corrected chi connectivity index (χ3v) is 1.91. The van der Waals surface area contributed by atoms with Crippen LogP contribution >= 0.6 is 0 Å². The summed E-state index contributed by atoms with van der Waals surface area (Å²) in [6.07, 6.45) is 1.85. The monoisotopic (exact) mass is 244 g/mol. The summed E-state index contributed by atoms with van der Waals surface area (Å²) in [5, 5.41) is 0. The van der Waals surface area contributed by atoms with Gasteiger partial charge in [0.05, 0.1) is 5.92 Å². The number of rotatable bonds is 3. The molecule has 0 fully saturated rings. The fourth-order valence-corrected chi connectivity index (χ4v) is 0.786. The fourth-order valence-electron chi connectivity index (χ4n) is 0.786. The molecule has 1 rings (SSSR count). The molecule has 0 spiro atoms. The molecule has 0 aliphatic carbocycles. The summed E-state index contributed by atoms with van der Waals surface area (Å²) in [4.78, 5) is 21.9. The van der Waals surface area contributed by atoms with Crippen molar-refractivity contribution in [3.63, 3.8) is 0 Å². The number of ether oxygens (including phenoxy) is 1. The molecular formula is C13H24O4. The molecule has 0 saturated carbocycles. The van der Waals surface area contributed by atoms with Crippen molar-refractivity contribution >= 4 is 5.97 Å². The fraction of sp³-hybridized carbons (Fsp3) is 0.538. The highest BCUT2D eigenvalue weighted by molar-refractivity contribution is 5.74.